The van der Waals surface area contributed by atoms with Crippen LogP contribution in [0, 0.1) is 0 Å². The number of carbonyl (C=O) groups excluding carboxylic acids is 2. The van der Waals surface area contributed by atoms with Crippen LogP contribution in [0.3, 0.4) is 0 Å². The molecular weight excluding hydrogens is 404 g/mol. The number of anilines is 1. The SMILES string of the molecule is CCOc1cc2c(cc1/C=C1/C(=O)NC(=S)N(c3ccccc3CC)C1=O)OCO2. The Bertz CT molecular complexity index is 1080. The molecular formula is C22H20N2O5S. The molecule has 0 aromatic heterocycles. The quantitative estimate of drug-likeness (QED) is 0.451. The Morgan fingerprint density at radius 2 is 1.90 bits per heavy atom. The van der Waals surface area contributed by atoms with Crippen molar-refractivity contribution >= 4 is 40.9 Å². The number of hydrogen-bond donors (Lipinski definition) is 1. The van der Waals surface area contributed by atoms with Gasteiger partial charge in [0.1, 0.15) is 11.3 Å². The van der Waals surface area contributed by atoms with Gasteiger partial charge >= 0.3 is 0 Å². The summed E-state index contributed by atoms with van der Waals surface area (Å²) in [5.74, 6) is 0.515. The van der Waals surface area contributed by atoms with Crippen molar-refractivity contribution in [2.75, 3.05) is 18.3 Å². The van der Waals surface area contributed by atoms with Gasteiger partial charge in [0.05, 0.1) is 12.3 Å². The fourth-order valence-electron chi connectivity index (χ4n) is 3.39. The predicted octanol–water partition coefficient (Wildman–Crippen LogP) is 3.21. The molecule has 0 bridgehead atoms. The summed E-state index contributed by atoms with van der Waals surface area (Å²) in [4.78, 5) is 27.3. The first kappa shape index (κ1) is 19.9. The molecule has 0 spiro atoms. The third kappa shape index (κ3) is 3.50. The van der Waals surface area contributed by atoms with Crippen LogP contribution in [0.15, 0.2) is 42.0 Å². The van der Waals surface area contributed by atoms with Crippen molar-refractivity contribution in [1.29, 1.82) is 0 Å². The number of thiocarbonyl (C=S) groups is 1. The molecule has 2 aromatic rings. The highest BCUT2D eigenvalue weighted by atomic mass is 32.1. The first-order valence-electron chi connectivity index (χ1n) is 9.59. The van der Waals surface area contributed by atoms with Gasteiger partial charge in [-0.15, -0.1) is 0 Å². The van der Waals surface area contributed by atoms with Gasteiger partial charge in [0.15, 0.2) is 16.6 Å². The zero-order valence-electron chi connectivity index (χ0n) is 16.6. The van der Waals surface area contributed by atoms with Gasteiger partial charge in [-0.3, -0.25) is 19.8 Å². The van der Waals surface area contributed by atoms with Crippen LogP contribution >= 0.6 is 12.2 Å². The molecule has 1 N–H and O–H groups in total. The maximum Gasteiger partial charge on any atom is 0.270 e. The molecule has 2 heterocycles. The molecule has 2 aromatic carbocycles. The summed E-state index contributed by atoms with van der Waals surface area (Å²) in [7, 11) is 0. The van der Waals surface area contributed by atoms with Crippen LogP contribution in [0.4, 0.5) is 5.69 Å². The number of amides is 2. The maximum absolute atomic E-state index is 13.3. The third-order valence-electron chi connectivity index (χ3n) is 4.82. The first-order chi connectivity index (χ1) is 14.5. The van der Waals surface area contributed by atoms with Crippen molar-refractivity contribution in [2.45, 2.75) is 20.3 Å². The second-order valence-electron chi connectivity index (χ2n) is 6.62. The monoisotopic (exact) mass is 424 g/mol. The fourth-order valence-corrected chi connectivity index (χ4v) is 3.67. The van der Waals surface area contributed by atoms with E-state index in [9.17, 15) is 9.59 Å². The number of benzene rings is 2. The lowest BCUT2D eigenvalue weighted by molar-refractivity contribution is -0.122. The van der Waals surface area contributed by atoms with Crippen LogP contribution in [0.2, 0.25) is 0 Å². The largest absolute Gasteiger partial charge is 0.493 e. The molecule has 0 radical (unpaired) electrons. The Kier molecular flexibility index (Phi) is 5.41. The van der Waals surface area contributed by atoms with E-state index in [1.54, 1.807) is 12.1 Å². The number of nitrogens with one attached hydrogen (secondary N) is 1. The highest BCUT2D eigenvalue weighted by Crippen LogP contribution is 2.39. The van der Waals surface area contributed by atoms with E-state index < -0.39 is 11.8 Å². The molecule has 8 heteroatoms. The summed E-state index contributed by atoms with van der Waals surface area (Å²) in [6.07, 6.45) is 2.21. The zero-order chi connectivity index (χ0) is 21.3. The number of aryl methyl sites for hydroxylation is 1. The molecule has 1 fully saturated rings. The summed E-state index contributed by atoms with van der Waals surface area (Å²) in [6, 6.07) is 10.8. The van der Waals surface area contributed by atoms with Crippen LogP contribution in [-0.2, 0) is 16.0 Å². The number of para-hydroxylation sites is 1. The number of fused-ring (bicyclic) bond motifs is 1. The Hall–Kier alpha value is -3.39. The van der Waals surface area contributed by atoms with Gasteiger partial charge in [-0.25, -0.2) is 0 Å². The summed E-state index contributed by atoms with van der Waals surface area (Å²) in [5.41, 5.74) is 2.09. The van der Waals surface area contributed by atoms with Crippen LogP contribution in [0.5, 0.6) is 17.2 Å². The number of rotatable bonds is 5. The van der Waals surface area contributed by atoms with Crippen molar-refractivity contribution in [2.24, 2.45) is 0 Å². The number of carbonyl (C=O) groups is 2. The molecule has 2 aliphatic heterocycles. The summed E-state index contributed by atoms with van der Waals surface area (Å²) in [5, 5.41) is 2.67. The van der Waals surface area contributed by atoms with Crippen molar-refractivity contribution in [3.8, 4) is 17.2 Å². The molecule has 2 amide bonds. The van der Waals surface area contributed by atoms with Crippen molar-refractivity contribution in [3.05, 3.63) is 53.1 Å². The van der Waals surface area contributed by atoms with Gasteiger partial charge in [0.2, 0.25) is 6.79 Å². The van der Waals surface area contributed by atoms with E-state index in [1.165, 1.54) is 11.0 Å². The zero-order valence-corrected chi connectivity index (χ0v) is 17.4. The fraction of sp³-hybridized carbons (Fsp3) is 0.227. The Balaban J connectivity index is 1.79. The van der Waals surface area contributed by atoms with Crippen molar-refractivity contribution in [1.82, 2.24) is 5.32 Å². The molecule has 0 aliphatic carbocycles. The molecule has 154 valence electrons. The molecule has 2 aliphatic rings. The Morgan fingerprint density at radius 3 is 2.63 bits per heavy atom. The number of hydrogen-bond acceptors (Lipinski definition) is 6. The van der Waals surface area contributed by atoms with E-state index >= 15 is 0 Å². The van der Waals surface area contributed by atoms with E-state index in [2.05, 4.69) is 5.32 Å². The van der Waals surface area contributed by atoms with Crippen LogP contribution in [0.1, 0.15) is 25.0 Å². The molecule has 0 unspecified atom stereocenters. The van der Waals surface area contributed by atoms with Gasteiger partial charge in [-0.05, 0) is 49.3 Å². The van der Waals surface area contributed by atoms with Crippen LogP contribution < -0.4 is 24.4 Å². The molecule has 0 saturated carbocycles. The third-order valence-corrected chi connectivity index (χ3v) is 5.10. The molecule has 4 rings (SSSR count). The predicted molar refractivity (Wildman–Crippen MR) is 116 cm³/mol. The first-order valence-corrected chi connectivity index (χ1v) is 10.00. The molecule has 30 heavy (non-hydrogen) atoms. The van der Waals surface area contributed by atoms with E-state index in [-0.39, 0.29) is 17.5 Å². The maximum atomic E-state index is 13.3. The highest BCUT2D eigenvalue weighted by Gasteiger charge is 2.35. The van der Waals surface area contributed by atoms with Gasteiger partial charge in [0, 0.05) is 11.6 Å². The number of ether oxygens (including phenoxy) is 3. The van der Waals surface area contributed by atoms with Crippen molar-refractivity contribution in [3.63, 3.8) is 0 Å². The van der Waals surface area contributed by atoms with Crippen LogP contribution in [0.25, 0.3) is 6.08 Å². The van der Waals surface area contributed by atoms with E-state index in [1.807, 2.05) is 38.1 Å². The molecule has 1 saturated heterocycles. The van der Waals surface area contributed by atoms with Gasteiger partial charge in [-0.1, -0.05) is 25.1 Å². The smallest absolute Gasteiger partial charge is 0.270 e. The lowest BCUT2D eigenvalue weighted by Crippen LogP contribution is -2.54. The van der Waals surface area contributed by atoms with Gasteiger partial charge in [0.25, 0.3) is 11.8 Å². The average molecular weight is 424 g/mol. The van der Waals surface area contributed by atoms with E-state index in [0.717, 1.165) is 5.56 Å². The van der Waals surface area contributed by atoms with Crippen molar-refractivity contribution < 1.29 is 23.8 Å². The second-order valence-corrected chi connectivity index (χ2v) is 7.00. The highest BCUT2D eigenvalue weighted by molar-refractivity contribution is 7.80. The topological polar surface area (TPSA) is 77.1 Å². The lowest BCUT2D eigenvalue weighted by Gasteiger charge is -2.30. The minimum absolute atomic E-state index is 0.0469. The lowest BCUT2D eigenvalue weighted by atomic mass is 10.0. The summed E-state index contributed by atoms with van der Waals surface area (Å²) >= 11 is 5.31. The Labute approximate surface area is 179 Å². The standard InChI is InChI=1S/C22H20N2O5S/c1-3-13-7-5-6-8-16(13)24-21(26)15(20(25)23-22(24)30)9-14-10-18-19(29-12-28-18)11-17(14)27-4-2/h5-11H,3-4,12H2,1-2H3,(H,23,25,30)/b15-9-. The van der Waals surface area contributed by atoms with Crippen LogP contribution in [-0.4, -0.2) is 30.3 Å². The Morgan fingerprint density at radius 1 is 1.17 bits per heavy atom. The number of nitrogens with zero attached hydrogens (tertiary/aromatic N) is 1. The van der Waals surface area contributed by atoms with Gasteiger partial charge in [-0.2, -0.15) is 0 Å². The summed E-state index contributed by atoms with van der Waals surface area (Å²) < 4.78 is 16.5. The van der Waals surface area contributed by atoms with E-state index in [0.29, 0.717) is 41.5 Å². The second kappa shape index (κ2) is 8.16. The van der Waals surface area contributed by atoms with Gasteiger partial charge < -0.3 is 14.2 Å². The van der Waals surface area contributed by atoms with E-state index in [4.69, 9.17) is 26.4 Å². The minimum atomic E-state index is -0.560. The average Bonchev–Trinajstić information content (AvgIpc) is 3.18. The normalized spacial score (nSPS) is 16.8. The minimum Gasteiger partial charge on any atom is -0.493 e. The molecule has 0 atom stereocenters. The molecule has 7 nitrogen and oxygen atoms in total. The summed E-state index contributed by atoms with van der Waals surface area (Å²) in [6.45, 7) is 4.36.